The fourth-order valence-corrected chi connectivity index (χ4v) is 2.96. The SMILES string of the molecule is CCCOc1ccc(C2NC(=O)NC(CCC)=C2C(=O)OCC)cc1OC. The van der Waals surface area contributed by atoms with Gasteiger partial charge in [-0.15, -0.1) is 0 Å². The van der Waals surface area contributed by atoms with Gasteiger partial charge in [-0.2, -0.15) is 0 Å². The average molecular weight is 376 g/mol. The number of hydrogen-bond acceptors (Lipinski definition) is 5. The van der Waals surface area contributed by atoms with Crippen LogP contribution in [0.5, 0.6) is 11.5 Å². The smallest absolute Gasteiger partial charge is 0.338 e. The van der Waals surface area contributed by atoms with Crippen molar-refractivity contribution in [3.05, 3.63) is 35.0 Å². The number of urea groups is 1. The van der Waals surface area contributed by atoms with E-state index >= 15 is 0 Å². The minimum Gasteiger partial charge on any atom is -0.493 e. The van der Waals surface area contributed by atoms with Crippen LogP contribution in [0.4, 0.5) is 4.79 Å². The molecule has 1 unspecified atom stereocenters. The number of benzene rings is 1. The van der Waals surface area contributed by atoms with E-state index in [1.165, 1.54) is 0 Å². The lowest BCUT2D eigenvalue weighted by Gasteiger charge is -2.29. The van der Waals surface area contributed by atoms with E-state index in [0.717, 1.165) is 18.4 Å². The second kappa shape index (κ2) is 9.85. The minimum atomic E-state index is -0.617. The minimum absolute atomic E-state index is 0.259. The summed E-state index contributed by atoms with van der Waals surface area (Å²) >= 11 is 0. The van der Waals surface area contributed by atoms with Gasteiger partial charge < -0.3 is 24.8 Å². The van der Waals surface area contributed by atoms with Crippen molar-refractivity contribution in [1.82, 2.24) is 10.6 Å². The summed E-state index contributed by atoms with van der Waals surface area (Å²) in [5.74, 6) is 0.733. The van der Waals surface area contributed by atoms with Gasteiger partial charge in [0.05, 0.1) is 31.9 Å². The van der Waals surface area contributed by atoms with Crippen LogP contribution < -0.4 is 20.1 Å². The number of methoxy groups -OCH3 is 1. The van der Waals surface area contributed by atoms with E-state index in [1.807, 2.05) is 19.9 Å². The molecule has 2 rings (SSSR count). The number of rotatable bonds is 9. The Bertz CT molecular complexity index is 714. The fraction of sp³-hybridized carbons (Fsp3) is 0.500. The molecule has 0 saturated carbocycles. The number of hydrogen-bond donors (Lipinski definition) is 2. The summed E-state index contributed by atoms with van der Waals surface area (Å²) in [6.45, 7) is 6.60. The van der Waals surface area contributed by atoms with Crippen molar-refractivity contribution in [1.29, 1.82) is 0 Å². The van der Waals surface area contributed by atoms with Crippen molar-refractivity contribution >= 4 is 12.0 Å². The van der Waals surface area contributed by atoms with E-state index in [1.54, 1.807) is 26.2 Å². The summed E-state index contributed by atoms with van der Waals surface area (Å²) in [5.41, 5.74) is 1.74. The van der Waals surface area contributed by atoms with Crippen LogP contribution in [-0.4, -0.2) is 32.3 Å². The van der Waals surface area contributed by atoms with Crippen molar-refractivity contribution in [2.45, 2.75) is 46.1 Å². The fourth-order valence-electron chi connectivity index (χ4n) is 2.96. The monoisotopic (exact) mass is 376 g/mol. The summed E-state index contributed by atoms with van der Waals surface area (Å²) in [7, 11) is 1.56. The molecular formula is C20H28N2O5. The lowest BCUT2D eigenvalue weighted by atomic mass is 9.93. The highest BCUT2D eigenvalue weighted by Gasteiger charge is 2.33. The highest BCUT2D eigenvalue weighted by Crippen LogP contribution is 2.35. The Morgan fingerprint density at radius 3 is 2.56 bits per heavy atom. The van der Waals surface area contributed by atoms with Gasteiger partial charge in [0.1, 0.15) is 0 Å². The first-order valence-corrected chi connectivity index (χ1v) is 9.34. The van der Waals surface area contributed by atoms with Crippen LogP contribution in [0.15, 0.2) is 29.5 Å². The lowest BCUT2D eigenvalue weighted by molar-refractivity contribution is -0.139. The third-order valence-corrected chi connectivity index (χ3v) is 4.13. The maximum atomic E-state index is 12.6. The number of carbonyl (C=O) groups is 2. The molecule has 7 nitrogen and oxygen atoms in total. The van der Waals surface area contributed by atoms with Gasteiger partial charge in [-0.25, -0.2) is 9.59 Å². The molecule has 0 aliphatic carbocycles. The van der Waals surface area contributed by atoms with Crippen LogP contribution in [0.2, 0.25) is 0 Å². The lowest BCUT2D eigenvalue weighted by Crippen LogP contribution is -2.46. The first kappa shape index (κ1) is 20.6. The van der Waals surface area contributed by atoms with Crippen molar-refractivity contribution in [2.24, 2.45) is 0 Å². The summed E-state index contributed by atoms with van der Waals surface area (Å²) in [4.78, 5) is 24.8. The molecule has 2 amide bonds. The van der Waals surface area contributed by atoms with Crippen molar-refractivity contribution in [3.8, 4) is 11.5 Å². The Kier molecular flexibility index (Phi) is 7.52. The standard InChI is InChI=1S/C20H28N2O5/c1-5-8-14-17(19(23)26-7-3)18(22-20(24)21-14)13-9-10-15(27-11-6-2)16(12-13)25-4/h9-10,12,18H,5-8,11H2,1-4H3,(H2,21,22,24). The Hall–Kier alpha value is -2.70. The molecule has 27 heavy (non-hydrogen) atoms. The molecule has 7 heteroatoms. The van der Waals surface area contributed by atoms with Crippen LogP contribution in [-0.2, 0) is 9.53 Å². The molecule has 1 aromatic carbocycles. The third kappa shape index (κ3) is 4.93. The number of amides is 2. The predicted molar refractivity (Wildman–Crippen MR) is 102 cm³/mol. The molecule has 1 heterocycles. The number of carbonyl (C=O) groups excluding carboxylic acids is 2. The van der Waals surface area contributed by atoms with Crippen LogP contribution in [0.25, 0.3) is 0 Å². The van der Waals surface area contributed by atoms with Crippen LogP contribution >= 0.6 is 0 Å². The molecule has 1 atom stereocenters. The highest BCUT2D eigenvalue weighted by atomic mass is 16.5. The molecule has 0 radical (unpaired) electrons. The van der Waals surface area contributed by atoms with Gasteiger partial charge in [0.2, 0.25) is 0 Å². The maximum absolute atomic E-state index is 12.6. The molecule has 0 aromatic heterocycles. The number of nitrogens with one attached hydrogen (secondary N) is 2. The normalized spacial score (nSPS) is 16.4. The first-order valence-electron chi connectivity index (χ1n) is 9.34. The van der Waals surface area contributed by atoms with Gasteiger partial charge in [0.15, 0.2) is 11.5 Å². The second-order valence-electron chi connectivity index (χ2n) is 6.15. The van der Waals surface area contributed by atoms with Crippen LogP contribution in [0.1, 0.15) is 51.6 Å². The quantitative estimate of drug-likeness (QED) is 0.645. The third-order valence-electron chi connectivity index (χ3n) is 4.13. The summed E-state index contributed by atoms with van der Waals surface area (Å²) in [6, 6.07) is 4.44. The Morgan fingerprint density at radius 1 is 1.15 bits per heavy atom. The zero-order chi connectivity index (χ0) is 19.8. The zero-order valence-electron chi connectivity index (χ0n) is 16.4. The first-order chi connectivity index (χ1) is 13.0. The van der Waals surface area contributed by atoms with Crippen LogP contribution in [0.3, 0.4) is 0 Å². The summed E-state index contributed by atoms with van der Waals surface area (Å²) < 4.78 is 16.4. The van der Waals surface area contributed by atoms with E-state index in [9.17, 15) is 9.59 Å². The molecule has 0 spiro atoms. The predicted octanol–water partition coefficient (Wildman–Crippen LogP) is 3.46. The van der Waals surface area contributed by atoms with Gasteiger partial charge in [0, 0.05) is 5.70 Å². The number of ether oxygens (including phenoxy) is 3. The molecule has 0 fully saturated rings. The van der Waals surface area contributed by atoms with E-state index < -0.39 is 12.0 Å². The Labute approximate surface area is 160 Å². The molecule has 1 aliphatic rings. The number of allylic oxidation sites excluding steroid dienone is 1. The van der Waals surface area contributed by atoms with E-state index in [-0.39, 0.29) is 12.6 Å². The average Bonchev–Trinajstić information content (AvgIpc) is 2.66. The van der Waals surface area contributed by atoms with E-state index in [0.29, 0.717) is 35.8 Å². The van der Waals surface area contributed by atoms with Gasteiger partial charge in [0.25, 0.3) is 0 Å². The topological polar surface area (TPSA) is 85.9 Å². The molecule has 2 N–H and O–H groups in total. The van der Waals surface area contributed by atoms with Gasteiger partial charge in [-0.3, -0.25) is 0 Å². The van der Waals surface area contributed by atoms with Gasteiger partial charge in [-0.1, -0.05) is 26.3 Å². The van der Waals surface area contributed by atoms with Crippen LogP contribution in [0, 0.1) is 0 Å². The largest absolute Gasteiger partial charge is 0.493 e. The van der Waals surface area contributed by atoms with E-state index in [4.69, 9.17) is 14.2 Å². The van der Waals surface area contributed by atoms with Gasteiger partial charge >= 0.3 is 12.0 Å². The van der Waals surface area contributed by atoms with Gasteiger partial charge in [-0.05, 0) is 37.5 Å². The van der Waals surface area contributed by atoms with Crippen molar-refractivity contribution in [2.75, 3.05) is 20.3 Å². The molecule has 0 bridgehead atoms. The molecule has 0 saturated heterocycles. The second-order valence-corrected chi connectivity index (χ2v) is 6.15. The summed E-state index contributed by atoms with van der Waals surface area (Å²) in [6.07, 6.45) is 2.25. The molecule has 148 valence electrons. The molecular weight excluding hydrogens is 348 g/mol. The molecule has 1 aromatic rings. The zero-order valence-corrected chi connectivity index (χ0v) is 16.4. The maximum Gasteiger partial charge on any atom is 0.338 e. The Balaban J connectivity index is 2.47. The Morgan fingerprint density at radius 2 is 1.93 bits per heavy atom. The summed E-state index contributed by atoms with van der Waals surface area (Å²) in [5, 5.41) is 5.57. The van der Waals surface area contributed by atoms with Crippen molar-refractivity contribution < 1.29 is 23.8 Å². The van der Waals surface area contributed by atoms with E-state index in [2.05, 4.69) is 10.6 Å². The highest BCUT2D eigenvalue weighted by molar-refractivity contribution is 5.95. The number of esters is 1. The molecule has 1 aliphatic heterocycles. The van der Waals surface area contributed by atoms with Crippen molar-refractivity contribution in [3.63, 3.8) is 0 Å².